The van der Waals surface area contributed by atoms with Crippen LogP contribution in [0.5, 0.6) is 5.75 Å². The van der Waals surface area contributed by atoms with Gasteiger partial charge in [-0.15, -0.1) is 0 Å². The van der Waals surface area contributed by atoms with E-state index in [0.717, 1.165) is 80.0 Å². The zero-order valence-corrected chi connectivity index (χ0v) is 18.9. The van der Waals surface area contributed by atoms with Crippen LogP contribution >= 0.6 is 0 Å². The maximum Gasteiger partial charge on any atom is 0.230 e. The molecule has 1 aromatic carbocycles. The van der Waals surface area contributed by atoms with E-state index in [2.05, 4.69) is 47.6 Å². The highest BCUT2D eigenvalue weighted by Crippen LogP contribution is 2.33. The van der Waals surface area contributed by atoms with Crippen LogP contribution in [-0.4, -0.2) is 64.3 Å². The fraction of sp³-hybridized carbons (Fsp3) is 0.458. The molecule has 1 saturated heterocycles. The molecule has 6 rings (SSSR count). The summed E-state index contributed by atoms with van der Waals surface area (Å²) in [5.74, 6) is 1.94. The Bertz CT molecular complexity index is 1210. The van der Waals surface area contributed by atoms with Crippen LogP contribution in [0.2, 0.25) is 0 Å². The smallest absolute Gasteiger partial charge is 0.230 e. The molecule has 0 bridgehead atoms. The fourth-order valence-corrected chi connectivity index (χ4v) is 4.87. The molecule has 2 aliphatic heterocycles. The quantitative estimate of drug-likeness (QED) is 0.591. The predicted octanol–water partition coefficient (Wildman–Crippen LogP) is 2.55. The van der Waals surface area contributed by atoms with E-state index in [1.54, 1.807) is 18.6 Å². The Morgan fingerprint density at radius 2 is 1.88 bits per heavy atom. The van der Waals surface area contributed by atoms with Crippen LogP contribution in [0.4, 0.5) is 17.5 Å². The Labute approximate surface area is 197 Å². The second kappa shape index (κ2) is 9.02. The third-order valence-electron chi connectivity index (χ3n) is 6.67. The monoisotopic (exact) mass is 461 g/mol. The van der Waals surface area contributed by atoms with E-state index in [1.807, 2.05) is 0 Å². The molecule has 1 aliphatic carbocycles. The lowest BCUT2D eigenvalue weighted by atomic mass is 9.93. The minimum atomic E-state index is -0.0333. The van der Waals surface area contributed by atoms with Crippen molar-refractivity contribution >= 4 is 34.4 Å². The minimum Gasteiger partial charge on any atom is -0.488 e. The van der Waals surface area contributed by atoms with Gasteiger partial charge in [0.15, 0.2) is 0 Å². The van der Waals surface area contributed by atoms with Gasteiger partial charge in [-0.05, 0) is 31.7 Å². The summed E-state index contributed by atoms with van der Waals surface area (Å²) in [6.45, 7) is 3.17. The van der Waals surface area contributed by atoms with Gasteiger partial charge in [0, 0.05) is 55.0 Å². The van der Waals surface area contributed by atoms with E-state index in [4.69, 9.17) is 9.47 Å². The molecule has 1 saturated carbocycles. The lowest BCUT2D eigenvalue weighted by Gasteiger charge is -2.31. The molecule has 2 aromatic heterocycles. The van der Waals surface area contributed by atoms with E-state index in [-0.39, 0.29) is 18.1 Å². The van der Waals surface area contributed by atoms with Crippen molar-refractivity contribution in [1.29, 1.82) is 0 Å². The standard InChI is InChI=1S/C24H27N7O3/c32-21-11-15-14-27-24(30-23(15)29-21)28-16-1-3-18(4-2-16)34-20-13-17(31-7-9-33-10-8-31)12-19-22(20)26-6-5-25-19/h5-6,12-14,16,18H,1-4,7-11H2,(H2,27,28,29,30,32)/t16-,18+. The minimum absolute atomic E-state index is 0.0333. The molecule has 0 radical (unpaired) electrons. The van der Waals surface area contributed by atoms with Gasteiger partial charge in [-0.1, -0.05) is 0 Å². The zero-order chi connectivity index (χ0) is 22.9. The molecule has 4 heterocycles. The Morgan fingerprint density at radius 3 is 2.74 bits per heavy atom. The number of morpholine rings is 1. The molecule has 176 valence electrons. The van der Waals surface area contributed by atoms with E-state index in [0.29, 0.717) is 18.2 Å². The molecule has 10 heteroatoms. The summed E-state index contributed by atoms with van der Waals surface area (Å²) >= 11 is 0. The maximum absolute atomic E-state index is 11.6. The number of carbonyl (C=O) groups is 1. The van der Waals surface area contributed by atoms with Crippen molar-refractivity contribution in [1.82, 2.24) is 19.9 Å². The zero-order valence-electron chi connectivity index (χ0n) is 18.9. The molecule has 0 spiro atoms. The molecule has 10 nitrogen and oxygen atoms in total. The summed E-state index contributed by atoms with van der Waals surface area (Å²) < 4.78 is 12.0. The van der Waals surface area contributed by atoms with Gasteiger partial charge in [-0.3, -0.25) is 9.78 Å². The van der Waals surface area contributed by atoms with Gasteiger partial charge in [-0.25, -0.2) is 9.97 Å². The number of rotatable bonds is 5. The number of ether oxygens (including phenoxy) is 2. The summed E-state index contributed by atoms with van der Waals surface area (Å²) in [7, 11) is 0. The van der Waals surface area contributed by atoms with Crippen molar-refractivity contribution in [2.45, 2.75) is 44.2 Å². The normalized spacial score (nSPS) is 22.4. The Kier molecular flexibility index (Phi) is 5.58. The molecular formula is C24H27N7O3. The van der Waals surface area contributed by atoms with Crippen LogP contribution in [-0.2, 0) is 16.0 Å². The van der Waals surface area contributed by atoms with Crippen LogP contribution in [0, 0.1) is 0 Å². The van der Waals surface area contributed by atoms with Crippen molar-refractivity contribution in [3.8, 4) is 5.75 Å². The average Bonchev–Trinajstić information content (AvgIpc) is 3.25. The number of nitrogens with zero attached hydrogens (tertiary/aromatic N) is 5. The molecule has 34 heavy (non-hydrogen) atoms. The fourth-order valence-electron chi connectivity index (χ4n) is 4.87. The highest BCUT2D eigenvalue weighted by atomic mass is 16.5. The summed E-state index contributed by atoms with van der Waals surface area (Å²) in [5.41, 5.74) is 3.59. The van der Waals surface area contributed by atoms with Gasteiger partial charge >= 0.3 is 0 Å². The van der Waals surface area contributed by atoms with Crippen LogP contribution in [0.1, 0.15) is 31.2 Å². The number of benzene rings is 1. The number of fused-ring (bicyclic) bond motifs is 2. The van der Waals surface area contributed by atoms with Crippen LogP contribution in [0.3, 0.4) is 0 Å². The van der Waals surface area contributed by atoms with Crippen molar-refractivity contribution in [3.05, 3.63) is 36.3 Å². The van der Waals surface area contributed by atoms with Crippen molar-refractivity contribution in [3.63, 3.8) is 0 Å². The Morgan fingerprint density at radius 1 is 1.06 bits per heavy atom. The van der Waals surface area contributed by atoms with E-state index < -0.39 is 0 Å². The molecule has 0 atom stereocenters. The number of nitrogens with one attached hydrogen (secondary N) is 2. The van der Waals surface area contributed by atoms with Gasteiger partial charge in [0.2, 0.25) is 11.9 Å². The highest BCUT2D eigenvalue weighted by Gasteiger charge is 2.26. The molecule has 3 aromatic rings. The summed E-state index contributed by atoms with van der Waals surface area (Å²) in [6, 6.07) is 4.45. The van der Waals surface area contributed by atoms with Gasteiger partial charge < -0.3 is 25.0 Å². The number of aromatic nitrogens is 4. The van der Waals surface area contributed by atoms with Gasteiger partial charge in [0.05, 0.1) is 31.3 Å². The van der Waals surface area contributed by atoms with Crippen LogP contribution in [0.25, 0.3) is 11.0 Å². The van der Waals surface area contributed by atoms with Gasteiger partial charge in [0.25, 0.3) is 0 Å². The summed E-state index contributed by atoms with van der Waals surface area (Å²) in [6.07, 6.45) is 9.36. The first-order valence-corrected chi connectivity index (χ1v) is 11.9. The topological polar surface area (TPSA) is 114 Å². The molecular weight excluding hydrogens is 434 g/mol. The Balaban J connectivity index is 1.12. The number of amides is 1. The predicted molar refractivity (Wildman–Crippen MR) is 127 cm³/mol. The first-order chi connectivity index (χ1) is 16.7. The van der Waals surface area contributed by atoms with Crippen LogP contribution < -0.4 is 20.3 Å². The van der Waals surface area contributed by atoms with Crippen molar-refractivity contribution < 1.29 is 14.3 Å². The van der Waals surface area contributed by atoms with Crippen molar-refractivity contribution in [2.24, 2.45) is 0 Å². The van der Waals surface area contributed by atoms with E-state index in [1.165, 1.54) is 0 Å². The maximum atomic E-state index is 11.6. The molecule has 3 aliphatic rings. The molecule has 1 amide bonds. The molecule has 0 unspecified atom stereocenters. The van der Waals surface area contributed by atoms with Crippen LogP contribution in [0.15, 0.2) is 30.7 Å². The average molecular weight is 462 g/mol. The SMILES string of the molecule is O=C1Cc2cnc(N[C@H]3CC[C@@H](Oc4cc(N5CCOCC5)cc5nccnc45)CC3)nc2N1. The third-order valence-corrected chi connectivity index (χ3v) is 6.67. The third kappa shape index (κ3) is 4.33. The lowest BCUT2D eigenvalue weighted by molar-refractivity contribution is -0.115. The van der Waals surface area contributed by atoms with E-state index in [9.17, 15) is 4.79 Å². The second-order valence-electron chi connectivity index (χ2n) is 9.00. The number of hydrogen-bond donors (Lipinski definition) is 2. The summed E-state index contributed by atoms with van der Waals surface area (Å²) in [5, 5.41) is 6.20. The van der Waals surface area contributed by atoms with Gasteiger partial charge in [-0.2, -0.15) is 4.98 Å². The summed E-state index contributed by atoms with van der Waals surface area (Å²) in [4.78, 5) is 31.8. The lowest BCUT2D eigenvalue weighted by Crippen LogP contribution is -2.36. The first-order valence-electron chi connectivity index (χ1n) is 11.9. The highest BCUT2D eigenvalue weighted by molar-refractivity contribution is 5.97. The van der Waals surface area contributed by atoms with Crippen molar-refractivity contribution in [2.75, 3.05) is 41.8 Å². The number of anilines is 3. The molecule has 2 fully saturated rings. The second-order valence-corrected chi connectivity index (χ2v) is 9.00. The molecule has 2 N–H and O–H groups in total. The van der Waals surface area contributed by atoms with Gasteiger partial charge in [0.1, 0.15) is 17.1 Å². The Hall–Kier alpha value is -3.53. The first kappa shape index (κ1) is 21.0. The number of hydrogen-bond acceptors (Lipinski definition) is 9. The largest absolute Gasteiger partial charge is 0.488 e. The van der Waals surface area contributed by atoms with E-state index >= 15 is 0 Å². The number of carbonyl (C=O) groups excluding carboxylic acids is 1.